The van der Waals surface area contributed by atoms with Crippen LogP contribution in [0.4, 0.5) is 20.4 Å². The van der Waals surface area contributed by atoms with Gasteiger partial charge in [0.05, 0.1) is 0 Å². The third-order valence-electron chi connectivity index (χ3n) is 3.26. The van der Waals surface area contributed by atoms with E-state index in [-0.39, 0.29) is 17.7 Å². The lowest BCUT2D eigenvalue weighted by Gasteiger charge is -2.28. The van der Waals surface area contributed by atoms with E-state index in [1.165, 1.54) is 0 Å². The highest BCUT2D eigenvalue weighted by molar-refractivity contribution is 5.48. The summed E-state index contributed by atoms with van der Waals surface area (Å²) in [5, 5.41) is 0. The standard InChI is InChI=1S/C12H17F2N3/c1-8-5-3-2-4-6-17(8)12-10(14)7-9(13)11(15)16-12/h7-8H,2-6H2,1H3,(H2,15,16). The summed E-state index contributed by atoms with van der Waals surface area (Å²) in [6, 6.07) is 1.03. The van der Waals surface area contributed by atoms with Crippen molar-refractivity contribution in [2.45, 2.75) is 38.6 Å². The summed E-state index contributed by atoms with van der Waals surface area (Å²) in [7, 11) is 0. The molecule has 1 saturated heterocycles. The smallest absolute Gasteiger partial charge is 0.168 e. The number of anilines is 2. The summed E-state index contributed by atoms with van der Waals surface area (Å²) in [5.74, 6) is -1.49. The predicted molar refractivity (Wildman–Crippen MR) is 63.8 cm³/mol. The van der Waals surface area contributed by atoms with Gasteiger partial charge in [0.1, 0.15) is 0 Å². The number of nitrogens with two attached hydrogens (primary N) is 1. The SMILES string of the molecule is CC1CCCCCN1c1nc(N)c(F)cc1F. The first-order valence-electron chi connectivity index (χ1n) is 5.97. The van der Waals surface area contributed by atoms with Crippen LogP contribution in [0.25, 0.3) is 0 Å². The molecule has 0 saturated carbocycles. The minimum Gasteiger partial charge on any atom is -0.381 e. The number of hydrogen-bond acceptors (Lipinski definition) is 3. The second kappa shape index (κ2) is 4.85. The second-order valence-electron chi connectivity index (χ2n) is 4.55. The fourth-order valence-corrected chi connectivity index (χ4v) is 2.26. The van der Waals surface area contributed by atoms with E-state index in [2.05, 4.69) is 4.98 Å². The number of pyridine rings is 1. The summed E-state index contributed by atoms with van der Waals surface area (Å²) in [6.45, 7) is 2.78. The maximum absolute atomic E-state index is 13.7. The highest BCUT2D eigenvalue weighted by atomic mass is 19.1. The molecule has 1 aromatic heterocycles. The van der Waals surface area contributed by atoms with Gasteiger partial charge >= 0.3 is 0 Å². The summed E-state index contributed by atoms with van der Waals surface area (Å²) >= 11 is 0. The van der Waals surface area contributed by atoms with Crippen LogP contribution in [0, 0.1) is 11.6 Å². The van der Waals surface area contributed by atoms with Crippen molar-refractivity contribution < 1.29 is 8.78 Å². The van der Waals surface area contributed by atoms with Crippen LogP contribution in [0.5, 0.6) is 0 Å². The van der Waals surface area contributed by atoms with Gasteiger partial charge in [0.15, 0.2) is 23.3 Å². The fourth-order valence-electron chi connectivity index (χ4n) is 2.26. The minimum absolute atomic E-state index is 0.179. The lowest BCUT2D eigenvalue weighted by Crippen LogP contribution is -2.34. The summed E-state index contributed by atoms with van der Waals surface area (Å²) in [5.41, 5.74) is 5.40. The molecule has 17 heavy (non-hydrogen) atoms. The van der Waals surface area contributed by atoms with E-state index in [1.807, 2.05) is 11.8 Å². The molecule has 0 spiro atoms. The molecule has 1 fully saturated rings. The summed E-state index contributed by atoms with van der Waals surface area (Å²) in [4.78, 5) is 5.73. The van der Waals surface area contributed by atoms with Gasteiger partial charge in [0.25, 0.3) is 0 Å². The van der Waals surface area contributed by atoms with Crippen molar-refractivity contribution in [2.75, 3.05) is 17.2 Å². The third kappa shape index (κ3) is 2.48. The predicted octanol–water partition coefficient (Wildman–Crippen LogP) is 2.71. The van der Waals surface area contributed by atoms with Crippen LogP contribution in [-0.4, -0.2) is 17.6 Å². The Balaban J connectivity index is 2.34. The molecule has 0 aromatic carbocycles. The second-order valence-corrected chi connectivity index (χ2v) is 4.55. The highest BCUT2D eigenvalue weighted by Gasteiger charge is 2.22. The summed E-state index contributed by atoms with van der Waals surface area (Å²) < 4.78 is 26.8. The molecule has 3 nitrogen and oxygen atoms in total. The van der Waals surface area contributed by atoms with Crippen molar-refractivity contribution in [1.82, 2.24) is 4.98 Å². The van der Waals surface area contributed by atoms with E-state index in [9.17, 15) is 8.78 Å². The lowest BCUT2D eigenvalue weighted by atomic mass is 10.1. The Labute approximate surface area is 99.6 Å². The van der Waals surface area contributed by atoms with Crippen LogP contribution < -0.4 is 10.6 Å². The highest BCUT2D eigenvalue weighted by Crippen LogP contribution is 2.26. The first-order valence-corrected chi connectivity index (χ1v) is 5.97. The van der Waals surface area contributed by atoms with Crippen molar-refractivity contribution in [3.05, 3.63) is 17.7 Å². The number of aromatic nitrogens is 1. The van der Waals surface area contributed by atoms with E-state index in [1.54, 1.807) is 0 Å². The van der Waals surface area contributed by atoms with Crippen LogP contribution in [0.2, 0.25) is 0 Å². The zero-order valence-electron chi connectivity index (χ0n) is 9.92. The average molecular weight is 241 g/mol. The fraction of sp³-hybridized carbons (Fsp3) is 0.583. The Hall–Kier alpha value is -1.39. The van der Waals surface area contributed by atoms with Gasteiger partial charge in [-0.05, 0) is 19.8 Å². The zero-order valence-corrected chi connectivity index (χ0v) is 9.92. The van der Waals surface area contributed by atoms with Crippen molar-refractivity contribution in [3.63, 3.8) is 0 Å². The first-order chi connectivity index (χ1) is 8.09. The zero-order chi connectivity index (χ0) is 12.4. The number of rotatable bonds is 1. The van der Waals surface area contributed by atoms with E-state index >= 15 is 0 Å². The molecule has 5 heteroatoms. The molecular formula is C12H17F2N3. The van der Waals surface area contributed by atoms with E-state index < -0.39 is 11.6 Å². The van der Waals surface area contributed by atoms with Crippen LogP contribution in [0.1, 0.15) is 32.6 Å². The Morgan fingerprint density at radius 1 is 1.29 bits per heavy atom. The Kier molecular flexibility index (Phi) is 3.45. The van der Waals surface area contributed by atoms with Gasteiger partial charge in [-0.25, -0.2) is 13.8 Å². The molecular weight excluding hydrogens is 224 g/mol. The molecule has 2 heterocycles. The summed E-state index contributed by atoms with van der Waals surface area (Å²) in [6.07, 6.45) is 4.27. The van der Waals surface area contributed by atoms with Gasteiger partial charge in [-0.3, -0.25) is 0 Å². The van der Waals surface area contributed by atoms with Gasteiger partial charge in [0, 0.05) is 18.7 Å². The Morgan fingerprint density at radius 3 is 2.82 bits per heavy atom. The minimum atomic E-state index is -0.797. The number of halogens is 2. The van der Waals surface area contributed by atoms with Gasteiger partial charge < -0.3 is 10.6 Å². The van der Waals surface area contributed by atoms with E-state index in [0.717, 1.165) is 38.3 Å². The molecule has 1 aliphatic rings. The largest absolute Gasteiger partial charge is 0.381 e. The quantitative estimate of drug-likeness (QED) is 0.822. The number of hydrogen-bond donors (Lipinski definition) is 1. The number of nitrogen functional groups attached to an aromatic ring is 1. The van der Waals surface area contributed by atoms with Crippen LogP contribution >= 0.6 is 0 Å². The molecule has 94 valence electrons. The molecule has 0 aliphatic carbocycles. The molecule has 0 bridgehead atoms. The maximum atomic E-state index is 13.7. The maximum Gasteiger partial charge on any atom is 0.168 e. The lowest BCUT2D eigenvalue weighted by molar-refractivity contribution is 0.552. The monoisotopic (exact) mass is 241 g/mol. The molecule has 1 unspecified atom stereocenters. The third-order valence-corrected chi connectivity index (χ3v) is 3.26. The van der Waals surface area contributed by atoms with Crippen LogP contribution in [0.3, 0.4) is 0 Å². The Morgan fingerprint density at radius 2 is 2.06 bits per heavy atom. The average Bonchev–Trinajstić information content (AvgIpc) is 2.49. The Bertz CT molecular complexity index is 409. The van der Waals surface area contributed by atoms with Crippen molar-refractivity contribution in [1.29, 1.82) is 0 Å². The molecule has 1 atom stereocenters. The molecule has 2 rings (SSSR count). The van der Waals surface area contributed by atoms with Crippen LogP contribution in [0.15, 0.2) is 6.07 Å². The first kappa shape index (κ1) is 12.1. The van der Waals surface area contributed by atoms with Gasteiger partial charge in [-0.2, -0.15) is 0 Å². The molecule has 2 N–H and O–H groups in total. The molecule has 1 aromatic rings. The van der Waals surface area contributed by atoms with Crippen LogP contribution in [-0.2, 0) is 0 Å². The number of nitrogens with zero attached hydrogens (tertiary/aromatic N) is 2. The molecule has 1 aliphatic heterocycles. The van der Waals surface area contributed by atoms with Crippen molar-refractivity contribution in [2.24, 2.45) is 0 Å². The molecule has 0 radical (unpaired) electrons. The van der Waals surface area contributed by atoms with Gasteiger partial charge in [0.2, 0.25) is 0 Å². The van der Waals surface area contributed by atoms with Gasteiger partial charge in [-0.15, -0.1) is 0 Å². The normalized spacial score (nSPS) is 21.4. The van der Waals surface area contributed by atoms with Crippen molar-refractivity contribution >= 4 is 11.6 Å². The topological polar surface area (TPSA) is 42.2 Å². The van der Waals surface area contributed by atoms with E-state index in [4.69, 9.17) is 5.73 Å². The van der Waals surface area contributed by atoms with Gasteiger partial charge in [-0.1, -0.05) is 12.8 Å². The van der Waals surface area contributed by atoms with Crippen molar-refractivity contribution in [3.8, 4) is 0 Å². The van der Waals surface area contributed by atoms with E-state index in [0.29, 0.717) is 0 Å². The molecule has 0 amide bonds.